The first kappa shape index (κ1) is 19.3. The van der Waals surface area contributed by atoms with Crippen LogP contribution in [0.25, 0.3) is 0 Å². The summed E-state index contributed by atoms with van der Waals surface area (Å²) in [6.07, 6.45) is 3.30. The number of aromatic nitrogens is 4. The van der Waals surface area contributed by atoms with E-state index in [9.17, 15) is 4.79 Å². The van der Waals surface area contributed by atoms with Crippen LogP contribution in [0.4, 0.5) is 0 Å². The smallest absolute Gasteiger partial charge is 0.272 e. The van der Waals surface area contributed by atoms with Crippen molar-refractivity contribution < 1.29 is 14.1 Å². The lowest BCUT2D eigenvalue weighted by Crippen LogP contribution is -2.39. The average molecular weight is 395 g/mol. The van der Waals surface area contributed by atoms with E-state index in [0.717, 1.165) is 18.4 Å². The molecule has 1 aliphatic heterocycles. The van der Waals surface area contributed by atoms with Crippen LogP contribution in [0.2, 0.25) is 0 Å². The summed E-state index contributed by atoms with van der Waals surface area (Å²) in [5.41, 5.74) is 1.75. The monoisotopic (exact) mass is 395 g/mol. The summed E-state index contributed by atoms with van der Waals surface area (Å²) in [5.74, 6) is 1.42. The van der Waals surface area contributed by atoms with Crippen molar-refractivity contribution in [3.63, 3.8) is 0 Å². The molecule has 1 amide bonds. The number of ether oxygens (including phenoxy) is 1. The van der Waals surface area contributed by atoms with Gasteiger partial charge in [-0.3, -0.25) is 9.48 Å². The molecule has 4 rings (SSSR count). The molecule has 0 saturated carbocycles. The second kappa shape index (κ2) is 9.00. The molecular weight excluding hydrogens is 370 g/mol. The maximum Gasteiger partial charge on any atom is 0.272 e. The molecule has 0 bridgehead atoms. The van der Waals surface area contributed by atoms with Gasteiger partial charge in [0.05, 0.1) is 6.61 Å². The lowest BCUT2D eigenvalue weighted by atomic mass is 9.96. The second-order valence-corrected chi connectivity index (χ2v) is 7.12. The number of benzene rings is 1. The minimum atomic E-state index is 0.0333. The van der Waals surface area contributed by atoms with E-state index in [1.165, 1.54) is 0 Å². The number of piperidine rings is 1. The van der Waals surface area contributed by atoms with Gasteiger partial charge < -0.3 is 14.2 Å². The second-order valence-electron chi connectivity index (χ2n) is 7.12. The van der Waals surface area contributed by atoms with E-state index in [4.69, 9.17) is 9.26 Å². The molecule has 8 heteroatoms. The molecule has 0 unspecified atom stereocenters. The van der Waals surface area contributed by atoms with Crippen LogP contribution < -0.4 is 0 Å². The molecule has 1 aliphatic rings. The van der Waals surface area contributed by atoms with Crippen molar-refractivity contribution in [2.45, 2.75) is 45.4 Å². The van der Waals surface area contributed by atoms with Gasteiger partial charge in [0, 0.05) is 31.7 Å². The molecule has 0 aliphatic carbocycles. The molecule has 1 aromatic carbocycles. The highest BCUT2D eigenvalue weighted by Gasteiger charge is 2.28. The molecule has 1 fully saturated rings. The van der Waals surface area contributed by atoms with Crippen LogP contribution >= 0.6 is 0 Å². The molecule has 8 nitrogen and oxygen atoms in total. The van der Waals surface area contributed by atoms with Gasteiger partial charge in [-0.2, -0.15) is 10.1 Å². The summed E-state index contributed by atoms with van der Waals surface area (Å²) in [4.78, 5) is 19.1. The summed E-state index contributed by atoms with van der Waals surface area (Å²) in [6.45, 7) is 4.81. The topological polar surface area (TPSA) is 86.3 Å². The van der Waals surface area contributed by atoms with Crippen LogP contribution in [0.3, 0.4) is 0 Å². The first-order valence-corrected chi connectivity index (χ1v) is 10.00. The Hall–Kier alpha value is -3.00. The largest absolute Gasteiger partial charge is 0.367 e. The quantitative estimate of drug-likeness (QED) is 0.611. The van der Waals surface area contributed by atoms with Crippen molar-refractivity contribution in [3.8, 4) is 0 Å². The summed E-state index contributed by atoms with van der Waals surface area (Å²) >= 11 is 0. The van der Waals surface area contributed by atoms with Crippen molar-refractivity contribution in [1.29, 1.82) is 0 Å². The Morgan fingerprint density at radius 2 is 1.97 bits per heavy atom. The Kier molecular flexibility index (Phi) is 6.00. The average Bonchev–Trinajstić information content (AvgIpc) is 3.44. The zero-order chi connectivity index (χ0) is 20.1. The van der Waals surface area contributed by atoms with E-state index in [0.29, 0.717) is 50.3 Å². The van der Waals surface area contributed by atoms with Gasteiger partial charge in [-0.25, -0.2) is 0 Å². The molecule has 1 saturated heterocycles. The minimum Gasteiger partial charge on any atom is -0.367 e. The predicted octanol–water partition coefficient (Wildman–Crippen LogP) is 3.02. The molecule has 3 heterocycles. The van der Waals surface area contributed by atoms with E-state index in [1.54, 1.807) is 16.9 Å². The Morgan fingerprint density at radius 3 is 2.72 bits per heavy atom. The van der Waals surface area contributed by atoms with Crippen molar-refractivity contribution in [2.75, 3.05) is 13.1 Å². The first-order valence-electron chi connectivity index (χ1n) is 10.00. The molecule has 0 atom stereocenters. The van der Waals surface area contributed by atoms with Crippen LogP contribution in [-0.2, 0) is 24.5 Å². The van der Waals surface area contributed by atoms with Crippen molar-refractivity contribution >= 4 is 5.91 Å². The molecule has 2 aromatic heterocycles. The zero-order valence-corrected chi connectivity index (χ0v) is 16.5. The molecular formula is C21H25N5O3. The maximum atomic E-state index is 12.7. The van der Waals surface area contributed by atoms with Gasteiger partial charge >= 0.3 is 0 Å². The Bertz CT molecular complexity index is 929. The predicted molar refractivity (Wildman–Crippen MR) is 105 cm³/mol. The Labute approximate surface area is 169 Å². The maximum absolute atomic E-state index is 12.7. The van der Waals surface area contributed by atoms with Crippen molar-refractivity contribution in [3.05, 3.63) is 65.6 Å². The molecule has 3 aromatic rings. The number of carbonyl (C=O) groups excluding carboxylic acids is 1. The van der Waals surface area contributed by atoms with Gasteiger partial charge in [0.1, 0.15) is 12.3 Å². The van der Waals surface area contributed by atoms with E-state index >= 15 is 0 Å². The molecule has 152 valence electrons. The fourth-order valence-corrected chi connectivity index (χ4v) is 3.59. The highest BCUT2D eigenvalue weighted by Crippen LogP contribution is 2.27. The highest BCUT2D eigenvalue weighted by atomic mass is 16.5. The van der Waals surface area contributed by atoms with Gasteiger partial charge in [-0.15, -0.1) is 0 Å². The number of likely N-dealkylation sites (tertiary alicyclic amines) is 1. The zero-order valence-electron chi connectivity index (χ0n) is 16.5. The van der Waals surface area contributed by atoms with Crippen molar-refractivity contribution in [2.24, 2.45) is 0 Å². The SMILES string of the molecule is CCn1nccc1C(=O)N1CCC(c2noc(COCc3ccccc3)n2)CC1. The van der Waals surface area contributed by atoms with E-state index in [1.807, 2.05) is 42.2 Å². The third-order valence-electron chi connectivity index (χ3n) is 5.20. The minimum absolute atomic E-state index is 0.0333. The summed E-state index contributed by atoms with van der Waals surface area (Å²) < 4.78 is 12.7. The van der Waals surface area contributed by atoms with Crippen LogP contribution in [0.1, 0.15) is 53.5 Å². The van der Waals surface area contributed by atoms with Crippen LogP contribution in [0, 0.1) is 0 Å². The lowest BCUT2D eigenvalue weighted by Gasteiger charge is -2.30. The van der Waals surface area contributed by atoms with E-state index in [2.05, 4.69) is 15.2 Å². The van der Waals surface area contributed by atoms with Crippen LogP contribution in [0.15, 0.2) is 47.1 Å². The number of aryl methyl sites for hydroxylation is 1. The third kappa shape index (κ3) is 4.54. The summed E-state index contributed by atoms with van der Waals surface area (Å²) in [6, 6.07) is 11.8. The van der Waals surface area contributed by atoms with E-state index < -0.39 is 0 Å². The number of amides is 1. The normalized spacial score (nSPS) is 15.0. The first-order chi connectivity index (χ1) is 14.2. The fraction of sp³-hybridized carbons (Fsp3) is 0.429. The Balaban J connectivity index is 1.27. The lowest BCUT2D eigenvalue weighted by molar-refractivity contribution is 0.0698. The van der Waals surface area contributed by atoms with Gasteiger partial charge in [-0.05, 0) is 31.4 Å². The number of carbonyl (C=O) groups is 1. The van der Waals surface area contributed by atoms with Crippen molar-refractivity contribution in [1.82, 2.24) is 24.8 Å². The molecule has 0 N–H and O–H groups in total. The number of nitrogens with zero attached hydrogens (tertiary/aromatic N) is 5. The highest BCUT2D eigenvalue weighted by molar-refractivity contribution is 5.92. The molecule has 0 spiro atoms. The summed E-state index contributed by atoms with van der Waals surface area (Å²) in [5, 5.41) is 8.31. The number of hydrogen-bond acceptors (Lipinski definition) is 6. The molecule has 0 radical (unpaired) electrons. The molecule has 29 heavy (non-hydrogen) atoms. The summed E-state index contributed by atoms with van der Waals surface area (Å²) in [7, 11) is 0. The standard InChI is InChI=1S/C21H25N5O3/c1-2-26-18(8-11-22-26)21(27)25-12-9-17(10-13-25)20-23-19(29-24-20)15-28-14-16-6-4-3-5-7-16/h3-8,11,17H,2,9-10,12-15H2,1H3. The van der Waals surface area contributed by atoms with Gasteiger partial charge in [0.15, 0.2) is 5.82 Å². The van der Waals surface area contributed by atoms with Gasteiger partial charge in [0.2, 0.25) is 0 Å². The number of hydrogen-bond donors (Lipinski definition) is 0. The number of rotatable bonds is 7. The van der Waals surface area contributed by atoms with Gasteiger partial charge in [-0.1, -0.05) is 35.5 Å². The Morgan fingerprint density at radius 1 is 1.17 bits per heavy atom. The van der Waals surface area contributed by atoms with Crippen LogP contribution in [-0.4, -0.2) is 43.8 Å². The van der Waals surface area contributed by atoms with Crippen LogP contribution in [0.5, 0.6) is 0 Å². The fourth-order valence-electron chi connectivity index (χ4n) is 3.59. The van der Waals surface area contributed by atoms with Gasteiger partial charge in [0.25, 0.3) is 11.8 Å². The van der Waals surface area contributed by atoms with E-state index in [-0.39, 0.29) is 11.8 Å². The third-order valence-corrected chi connectivity index (χ3v) is 5.20.